The molecule has 0 fully saturated rings. The summed E-state index contributed by atoms with van der Waals surface area (Å²) in [6, 6.07) is 7.98. The number of rotatable bonds is 1. The van der Waals surface area contributed by atoms with E-state index < -0.39 is 0 Å². The standard InChI is InChI=1S/C11H7BrN4S/c12-8-4-7-2-1-3-9(10(7)13-5-8)16-6-14-15-11(16)17/h1-6H,(H,15,17). The summed E-state index contributed by atoms with van der Waals surface area (Å²) in [7, 11) is 0. The smallest absolute Gasteiger partial charge is 0.199 e. The van der Waals surface area contributed by atoms with Gasteiger partial charge in [-0.15, -0.1) is 0 Å². The summed E-state index contributed by atoms with van der Waals surface area (Å²) >= 11 is 8.58. The Morgan fingerprint density at radius 2 is 2.24 bits per heavy atom. The van der Waals surface area contributed by atoms with Crippen LogP contribution < -0.4 is 0 Å². The summed E-state index contributed by atoms with van der Waals surface area (Å²) in [6.45, 7) is 0. The van der Waals surface area contributed by atoms with Gasteiger partial charge in [-0.25, -0.2) is 0 Å². The van der Waals surface area contributed by atoms with E-state index in [1.54, 1.807) is 17.1 Å². The number of aromatic nitrogens is 4. The average molecular weight is 307 g/mol. The lowest BCUT2D eigenvalue weighted by Gasteiger charge is -2.05. The lowest BCUT2D eigenvalue weighted by atomic mass is 10.2. The van der Waals surface area contributed by atoms with Gasteiger partial charge in [-0.3, -0.25) is 14.6 Å². The van der Waals surface area contributed by atoms with E-state index in [2.05, 4.69) is 31.1 Å². The van der Waals surface area contributed by atoms with E-state index in [9.17, 15) is 0 Å². The SMILES string of the molecule is S=c1[nH]ncn1-c1cccc2cc(Br)cnc12. The molecule has 1 N–H and O–H groups in total. The van der Waals surface area contributed by atoms with E-state index in [4.69, 9.17) is 12.2 Å². The van der Waals surface area contributed by atoms with Crippen LogP contribution in [0, 0.1) is 4.77 Å². The van der Waals surface area contributed by atoms with Crippen molar-refractivity contribution in [2.45, 2.75) is 0 Å². The Kier molecular flexibility index (Phi) is 2.53. The Labute approximate surface area is 110 Å². The molecule has 0 saturated heterocycles. The molecule has 0 bridgehead atoms. The molecule has 0 spiro atoms. The van der Waals surface area contributed by atoms with Crippen LogP contribution in [0.4, 0.5) is 0 Å². The van der Waals surface area contributed by atoms with Crippen LogP contribution >= 0.6 is 28.1 Å². The fraction of sp³-hybridized carbons (Fsp3) is 0. The lowest BCUT2D eigenvalue weighted by Crippen LogP contribution is -1.95. The third-order valence-corrected chi connectivity index (χ3v) is 3.19. The highest BCUT2D eigenvalue weighted by Gasteiger charge is 2.05. The van der Waals surface area contributed by atoms with Gasteiger partial charge in [0.2, 0.25) is 0 Å². The number of aromatic amines is 1. The maximum atomic E-state index is 5.16. The van der Waals surface area contributed by atoms with Crippen LogP contribution in [0.5, 0.6) is 0 Å². The number of hydrogen-bond donors (Lipinski definition) is 1. The molecule has 0 unspecified atom stereocenters. The van der Waals surface area contributed by atoms with Crippen LogP contribution in [-0.2, 0) is 0 Å². The quantitative estimate of drug-likeness (QED) is 0.702. The second-order valence-corrected chi connectivity index (χ2v) is 4.84. The fourth-order valence-electron chi connectivity index (χ4n) is 1.73. The molecular formula is C11H7BrN4S. The van der Waals surface area contributed by atoms with Crippen molar-refractivity contribution in [2.75, 3.05) is 0 Å². The Morgan fingerprint density at radius 3 is 3.00 bits per heavy atom. The largest absolute Gasteiger partial charge is 0.273 e. The topological polar surface area (TPSA) is 46.5 Å². The van der Waals surface area contributed by atoms with Gasteiger partial charge >= 0.3 is 0 Å². The van der Waals surface area contributed by atoms with Gasteiger partial charge in [-0.2, -0.15) is 5.10 Å². The van der Waals surface area contributed by atoms with Crippen molar-refractivity contribution in [3.63, 3.8) is 0 Å². The predicted octanol–water partition coefficient (Wildman–Crippen LogP) is 3.24. The first-order chi connectivity index (χ1) is 8.25. The van der Waals surface area contributed by atoms with Gasteiger partial charge in [0.1, 0.15) is 6.33 Å². The lowest BCUT2D eigenvalue weighted by molar-refractivity contribution is 1.04. The molecule has 0 aliphatic carbocycles. The highest BCUT2D eigenvalue weighted by Crippen LogP contribution is 2.22. The van der Waals surface area contributed by atoms with Gasteiger partial charge in [0, 0.05) is 16.1 Å². The van der Waals surface area contributed by atoms with Gasteiger partial charge in [-0.1, -0.05) is 12.1 Å². The van der Waals surface area contributed by atoms with E-state index in [1.165, 1.54) is 0 Å². The van der Waals surface area contributed by atoms with E-state index in [1.807, 2.05) is 24.3 Å². The molecule has 3 aromatic rings. The van der Waals surface area contributed by atoms with Crippen LogP contribution in [0.3, 0.4) is 0 Å². The third kappa shape index (κ3) is 1.79. The summed E-state index contributed by atoms with van der Waals surface area (Å²) in [5.74, 6) is 0. The molecule has 3 rings (SSSR count). The fourth-order valence-corrected chi connectivity index (χ4v) is 2.28. The number of nitrogens with zero attached hydrogens (tertiary/aromatic N) is 3. The third-order valence-electron chi connectivity index (χ3n) is 2.47. The van der Waals surface area contributed by atoms with Gasteiger partial charge < -0.3 is 0 Å². The minimum absolute atomic E-state index is 0.558. The molecule has 0 aliphatic rings. The molecular weight excluding hydrogens is 300 g/mol. The maximum absolute atomic E-state index is 5.16. The Balaban J connectivity index is 2.38. The van der Waals surface area contributed by atoms with Crippen molar-refractivity contribution in [2.24, 2.45) is 0 Å². The predicted molar refractivity (Wildman–Crippen MR) is 71.7 cm³/mol. The van der Waals surface area contributed by atoms with Gasteiger partial charge in [0.05, 0.1) is 11.2 Å². The highest BCUT2D eigenvalue weighted by atomic mass is 79.9. The number of nitrogens with one attached hydrogen (secondary N) is 1. The van der Waals surface area contributed by atoms with Crippen LogP contribution in [0.15, 0.2) is 41.3 Å². The number of fused-ring (bicyclic) bond motifs is 1. The van der Waals surface area contributed by atoms with Crippen molar-refractivity contribution in [3.05, 3.63) is 46.0 Å². The monoisotopic (exact) mass is 306 g/mol. The summed E-state index contributed by atoms with van der Waals surface area (Å²) in [5, 5.41) is 7.71. The molecule has 0 saturated carbocycles. The molecule has 84 valence electrons. The number of para-hydroxylation sites is 1. The summed E-state index contributed by atoms with van der Waals surface area (Å²) in [6.07, 6.45) is 3.43. The number of pyridine rings is 1. The Morgan fingerprint density at radius 1 is 1.35 bits per heavy atom. The minimum Gasteiger partial charge on any atom is -0.273 e. The average Bonchev–Trinajstić information content (AvgIpc) is 2.74. The minimum atomic E-state index is 0.558. The van der Waals surface area contributed by atoms with Gasteiger partial charge in [0.25, 0.3) is 0 Å². The van der Waals surface area contributed by atoms with E-state index in [0.717, 1.165) is 21.1 Å². The molecule has 1 aromatic carbocycles. The first kappa shape index (κ1) is 10.6. The van der Waals surface area contributed by atoms with E-state index >= 15 is 0 Å². The molecule has 2 heterocycles. The van der Waals surface area contributed by atoms with Crippen molar-refractivity contribution < 1.29 is 0 Å². The second-order valence-electron chi connectivity index (χ2n) is 3.53. The number of H-pyrrole nitrogens is 1. The summed E-state index contributed by atoms with van der Waals surface area (Å²) < 4.78 is 3.32. The van der Waals surface area contributed by atoms with E-state index in [0.29, 0.717) is 4.77 Å². The van der Waals surface area contributed by atoms with Crippen molar-refractivity contribution in [1.82, 2.24) is 19.7 Å². The van der Waals surface area contributed by atoms with Gasteiger partial charge in [-0.05, 0) is 40.3 Å². The van der Waals surface area contributed by atoms with Crippen LogP contribution in [0.2, 0.25) is 0 Å². The van der Waals surface area contributed by atoms with Crippen molar-refractivity contribution >= 4 is 39.1 Å². The Hall–Kier alpha value is -1.53. The van der Waals surface area contributed by atoms with Crippen LogP contribution in [-0.4, -0.2) is 19.7 Å². The normalized spacial score (nSPS) is 10.9. The first-order valence-electron chi connectivity index (χ1n) is 4.92. The number of halogens is 1. The molecule has 4 nitrogen and oxygen atoms in total. The van der Waals surface area contributed by atoms with Gasteiger partial charge in [0.15, 0.2) is 4.77 Å². The second kappa shape index (κ2) is 4.05. The van der Waals surface area contributed by atoms with Crippen molar-refractivity contribution in [1.29, 1.82) is 0 Å². The number of benzene rings is 1. The zero-order chi connectivity index (χ0) is 11.8. The number of hydrogen-bond acceptors (Lipinski definition) is 3. The van der Waals surface area contributed by atoms with E-state index in [-0.39, 0.29) is 0 Å². The zero-order valence-electron chi connectivity index (χ0n) is 8.59. The van der Waals surface area contributed by atoms with Crippen molar-refractivity contribution in [3.8, 4) is 5.69 Å². The van der Waals surface area contributed by atoms with Crippen LogP contribution in [0.1, 0.15) is 0 Å². The first-order valence-corrected chi connectivity index (χ1v) is 6.12. The molecule has 2 aromatic heterocycles. The van der Waals surface area contributed by atoms with Crippen LogP contribution in [0.25, 0.3) is 16.6 Å². The maximum Gasteiger partial charge on any atom is 0.199 e. The molecule has 0 amide bonds. The molecule has 17 heavy (non-hydrogen) atoms. The molecule has 0 atom stereocenters. The molecule has 0 radical (unpaired) electrons. The summed E-state index contributed by atoms with van der Waals surface area (Å²) in [4.78, 5) is 4.42. The Bertz CT molecular complexity index is 746. The summed E-state index contributed by atoms with van der Waals surface area (Å²) in [5.41, 5.74) is 1.82. The molecule has 0 aliphatic heterocycles. The highest BCUT2D eigenvalue weighted by molar-refractivity contribution is 9.10. The molecule has 6 heteroatoms. The zero-order valence-corrected chi connectivity index (χ0v) is 11.0.